The van der Waals surface area contributed by atoms with Crippen LogP contribution in [0.5, 0.6) is 11.5 Å². The van der Waals surface area contributed by atoms with E-state index in [2.05, 4.69) is 0 Å². The zero-order valence-electron chi connectivity index (χ0n) is 15.9. The van der Waals surface area contributed by atoms with Crippen LogP contribution in [0.1, 0.15) is 17.9 Å². The molecule has 1 aromatic rings. The lowest BCUT2D eigenvalue weighted by Gasteiger charge is -2.31. The zero-order valence-corrected chi connectivity index (χ0v) is 16.7. The number of hydrogen-bond donors (Lipinski definition) is 3. The van der Waals surface area contributed by atoms with E-state index in [0.717, 1.165) is 23.8 Å². The van der Waals surface area contributed by atoms with Crippen LogP contribution in [0.15, 0.2) is 40.2 Å². The van der Waals surface area contributed by atoms with E-state index in [4.69, 9.17) is 20.3 Å². The number of esters is 1. The van der Waals surface area contributed by atoms with Gasteiger partial charge in [0, 0.05) is 0 Å². The van der Waals surface area contributed by atoms with Crippen molar-refractivity contribution in [3.63, 3.8) is 0 Å². The highest BCUT2D eigenvalue weighted by atomic mass is 32.2. The lowest BCUT2D eigenvalue weighted by Crippen LogP contribution is -2.39. The molecule has 1 aromatic carbocycles. The van der Waals surface area contributed by atoms with E-state index in [1.807, 2.05) is 6.07 Å². The van der Waals surface area contributed by atoms with Crippen molar-refractivity contribution < 1.29 is 34.1 Å². The molecule has 3 rings (SSSR count). The average Bonchev–Trinajstić information content (AvgIpc) is 3.03. The molecule has 156 valence electrons. The number of nitrogens with zero attached hydrogens (tertiary/aromatic N) is 2. The van der Waals surface area contributed by atoms with Crippen molar-refractivity contribution in [1.29, 1.82) is 5.26 Å². The molecule has 10 nitrogen and oxygen atoms in total. The molecule has 0 bridgehead atoms. The molecule has 0 aromatic heterocycles. The smallest absolute Gasteiger partial charge is 0.338 e. The molecule has 0 radical (unpaired) electrons. The Morgan fingerprint density at radius 2 is 2.07 bits per heavy atom. The van der Waals surface area contributed by atoms with Crippen LogP contribution in [0.4, 0.5) is 0 Å². The summed E-state index contributed by atoms with van der Waals surface area (Å²) in [6.45, 7) is 0. The van der Waals surface area contributed by atoms with Crippen molar-refractivity contribution in [1.82, 2.24) is 4.90 Å². The number of carbonyl (C=O) groups excluding carboxylic acids is 2. The van der Waals surface area contributed by atoms with Gasteiger partial charge in [0.25, 0.3) is 0 Å². The molecular formula is C19H17N3O7S. The molecule has 2 aliphatic heterocycles. The maximum Gasteiger partial charge on any atom is 0.338 e. The fourth-order valence-corrected chi connectivity index (χ4v) is 4.66. The SMILES string of the molecule is COC(=O)C1=C(N)N2C(=O)C(CC(=O)O)SC2=C(C#N)C1c1ccc(O)c(OC)c1. The number of nitriles is 1. The van der Waals surface area contributed by atoms with Crippen LogP contribution >= 0.6 is 11.8 Å². The first-order chi connectivity index (χ1) is 14.2. The third-order valence-corrected chi connectivity index (χ3v) is 5.98. The summed E-state index contributed by atoms with van der Waals surface area (Å²) in [7, 11) is 2.48. The van der Waals surface area contributed by atoms with E-state index in [1.54, 1.807) is 0 Å². The van der Waals surface area contributed by atoms with Gasteiger partial charge < -0.3 is 25.4 Å². The van der Waals surface area contributed by atoms with Gasteiger partial charge in [0.1, 0.15) is 11.1 Å². The van der Waals surface area contributed by atoms with E-state index in [9.17, 15) is 24.8 Å². The Morgan fingerprint density at radius 1 is 1.37 bits per heavy atom. The summed E-state index contributed by atoms with van der Waals surface area (Å²) in [6.07, 6.45) is -0.471. The molecule has 2 heterocycles. The number of aliphatic carboxylic acids is 1. The topological polar surface area (TPSA) is 163 Å². The number of aromatic hydroxyl groups is 1. The van der Waals surface area contributed by atoms with Crippen molar-refractivity contribution in [3.05, 3.63) is 45.8 Å². The number of phenolic OH excluding ortho intramolecular Hbond substituents is 1. The number of hydrogen-bond acceptors (Lipinski definition) is 9. The first-order valence-electron chi connectivity index (χ1n) is 8.56. The highest BCUT2D eigenvalue weighted by Gasteiger charge is 2.48. The molecule has 30 heavy (non-hydrogen) atoms. The minimum Gasteiger partial charge on any atom is -0.504 e. The minimum absolute atomic E-state index is 0.0311. The Kier molecular flexibility index (Phi) is 5.62. The van der Waals surface area contributed by atoms with Gasteiger partial charge in [-0.05, 0) is 17.7 Å². The molecule has 2 unspecified atom stereocenters. The first-order valence-corrected chi connectivity index (χ1v) is 9.44. The van der Waals surface area contributed by atoms with Gasteiger partial charge in [0.05, 0.1) is 48.8 Å². The number of amides is 1. The van der Waals surface area contributed by atoms with Gasteiger partial charge in [-0.3, -0.25) is 14.5 Å². The Bertz CT molecular complexity index is 1060. The number of nitrogens with two attached hydrogens (primary N) is 1. The van der Waals surface area contributed by atoms with E-state index in [1.165, 1.54) is 25.3 Å². The first kappa shape index (κ1) is 21.1. The summed E-state index contributed by atoms with van der Waals surface area (Å²) in [5, 5.41) is 28.0. The van der Waals surface area contributed by atoms with Crippen LogP contribution in [-0.4, -0.2) is 52.4 Å². The van der Waals surface area contributed by atoms with Crippen LogP contribution < -0.4 is 10.5 Å². The highest BCUT2D eigenvalue weighted by molar-refractivity contribution is 8.04. The van der Waals surface area contributed by atoms with E-state index >= 15 is 0 Å². The Morgan fingerprint density at radius 3 is 2.63 bits per heavy atom. The second kappa shape index (κ2) is 8.00. The van der Waals surface area contributed by atoms with Gasteiger partial charge in [-0.25, -0.2) is 4.79 Å². The molecule has 0 spiro atoms. The van der Waals surface area contributed by atoms with Crippen LogP contribution in [0.25, 0.3) is 0 Å². The summed E-state index contributed by atoms with van der Waals surface area (Å²) in [5.41, 5.74) is 6.45. The molecule has 0 aliphatic carbocycles. The maximum atomic E-state index is 12.8. The predicted molar refractivity (Wildman–Crippen MR) is 104 cm³/mol. The van der Waals surface area contributed by atoms with Crippen molar-refractivity contribution >= 4 is 29.6 Å². The van der Waals surface area contributed by atoms with Crippen molar-refractivity contribution in [3.8, 4) is 17.6 Å². The number of thioether (sulfide) groups is 1. The number of ether oxygens (including phenoxy) is 2. The molecule has 2 atom stereocenters. The average molecular weight is 431 g/mol. The van der Waals surface area contributed by atoms with Crippen LogP contribution in [-0.2, 0) is 19.1 Å². The summed E-state index contributed by atoms with van der Waals surface area (Å²) < 4.78 is 9.94. The van der Waals surface area contributed by atoms with E-state index in [0.29, 0.717) is 5.56 Å². The predicted octanol–water partition coefficient (Wildman–Crippen LogP) is 0.995. The minimum atomic E-state index is -1.18. The van der Waals surface area contributed by atoms with Gasteiger partial charge in [0.15, 0.2) is 11.5 Å². The molecule has 11 heteroatoms. The van der Waals surface area contributed by atoms with E-state index < -0.39 is 35.4 Å². The Labute approximate surface area is 175 Å². The van der Waals surface area contributed by atoms with Crippen molar-refractivity contribution in [2.75, 3.05) is 14.2 Å². The number of allylic oxidation sites excluding steroid dienone is 1. The number of benzene rings is 1. The maximum absolute atomic E-state index is 12.8. The number of carboxylic acids is 1. The monoisotopic (exact) mass is 431 g/mol. The summed E-state index contributed by atoms with van der Waals surface area (Å²) >= 11 is 0.906. The fraction of sp³-hybridized carbons (Fsp3) is 0.263. The zero-order chi connectivity index (χ0) is 22.2. The standard InChI is InChI=1S/C19H17N3O7S/c1-28-11-5-8(3-4-10(11)23)14-9(7-20)18-22(16(21)15(14)19(27)29-2)17(26)12(30-18)6-13(24)25/h3-5,12,14,23H,6,21H2,1-2H3,(H,24,25). The van der Waals surface area contributed by atoms with E-state index in [-0.39, 0.29) is 33.5 Å². The molecule has 4 N–H and O–H groups in total. The van der Waals surface area contributed by atoms with Gasteiger partial charge in [-0.2, -0.15) is 5.26 Å². The van der Waals surface area contributed by atoms with Crippen LogP contribution in [0.2, 0.25) is 0 Å². The second-order valence-corrected chi connectivity index (χ2v) is 7.55. The number of methoxy groups -OCH3 is 2. The molecule has 1 fully saturated rings. The largest absolute Gasteiger partial charge is 0.504 e. The van der Waals surface area contributed by atoms with Crippen LogP contribution in [0.3, 0.4) is 0 Å². The Balaban J connectivity index is 2.25. The molecular weight excluding hydrogens is 414 g/mol. The van der Waals surface area contributed by atoms with Gasteiger partial charge in [0.2, 0.25) is 5.91 Å². The van der Waals surface area contributed by atoms with Crippen LogP contribution in [0, 0.1) is 11.3 Å². The normalized spacial score (nSPS) is 20.7. The molecule has 0 saturated carbocycles. The lowest BCUT2D eigenvalue weighted by atomic mass is 9.83. The molecule has 2 aliphatic rings. The van der Waals surface area contributed by atoms with Gasteiger partial charge >= 0.3 is 11.9 Å². The highest BCUT2D eigenvalue weighted by Crippen LogP contribution is 2.50. The number of rotatable bonds is 5. The van der Waals surface area contributed by atoms with Gasteiger partial charge in [-0.15, -0.1) is 0 Å². The summed E-state index contributed by atoms with van der Waals surface area (Å²) in [4.78, 5) is 37.5. The third-order valence-electron chi connectivity index (χ3n) is 4.70. The lowest BCUT2D eigenvalue weighted by molar-refractivity contribution is -0.139. The van der Waals surface area contributed by atoms with Crippen molar-refractivity contribution in [2.45, 2.75) is 17.6 Å². The van der Waals surface area contributed by atoms with Gasteiger partial charge in [-0.1, -0.05) is 17.8 Å². The number of carboxylic acid groups (broad SMARTS) is 1. The second-order valence-electron chi connectivity index (χ2n) is 6.36. The molecule has 1 saturated heterocycles. The summed E-state index contributed by atoms with van der Waals surface area (Å²) in [5.74, 6) is -3.95. The number of phenols is 1. The number of carbonyl (C=O) groups is 3. The quantitative estimate of drug-likeness (QED) is 0.573. The Hall–Kier alpha value is -3.65. The third kappa shape index (κ3) is 3.31. The fourth-order valence-electron chi connectivity index (χ4n) is 3.37. The summed E-state index contributed by atoms with van der Waals surface area (Å²) in [6, 6.07) is 6.29. The molecule has 1 amide bonds. The van der Waals surface area contributed by atoms with Crippen molar-refractivity contribution in [2.24, 2.45) is 5.73 Å². The number of fused-ring (bicyclic) bond motifs is 1.